The Morgan fingerprint density at radius 1 is 1.00 bits per heavy atom. The molecule has 3 aromatic rings. The van der Waals surface area contributed by atoms with Gasteiger partial charge < -0.3 is 24.4 Å². The van der Waals surface area contributed by atoms with E-state index in [1.807, 2.05) is 17.0 Å². The number of likely N-dealkylation sites (tertiary alicyclic amines) is 2. The SMILES string of the molecule is CC1CCN(C2CCN(C(=O)c3ccc(-c4ccc(N(C(=S)N(C)c5ccc(C#N)c(C(F)(F)F)c5F)C(C)(C)C=O)cn4)cc3)CC2)CC1. The van der Waals surface area contributed by atoms with Gasteiger partial charge in [-0.3, -0.25) is 9.78 Å². The number of amides is 1. The lowest BCUT2D eigenvalue weighted by Gasteiger charge is -2.41. The van der Waals surface area contributed by atoms with Crippen molar-refractivity contribution >= 4 is 40.9 Å². The van der Waals surface area contributed by atoms with Crippen LogP contribution < -0.4 is 9.80 Å². The Hall–Kier alpha value is -4.41. The Balaban J connectivity index is 1.30. The maximum absolute atomic E-state index is 15.3. The second kappa shape index (κ2) is 14.8. The van der Waals surface area contributed by atoms with Gasteiger partial charge in [-0.05, 0) is 107 Å². The summed E-state index contributed by atoms with van der Waals surface area (Å²) >= 11 is 5.61. The molecule has 0 aliphatic carbocycles. The highest BCUT2D eigenvalue weighted by molar-refractivity contribution is 7.80. The van der Waals surface area contributed by atoms with E-state index in [1.165, 1.54) is 37.1 Å². The molecule has 3 heterocycles. The molecular formula is C37H40F4N6O2S. The molecule has 2 fully saturated rings. The number of piperidine rings is 2. The first kappa shape index (κ1) is 36.9. The first-order valence-corrected chi connectivity index (χ1v) is 17.0. The van der Waals surface area contributed by atoms with Crippen molar-refractivity contribution in [3.63, 3.8) is 0 Å². The molecule has 0 N–H and O–H groups in total. The van der Waals surface area contributed by atoms with Crippen LogP contribution in [0.2, 0.25) is 0 Å². The molecule has 2 aliphatic rings. The summed E-state index contributed by atoms with van der Waals surface area (Å²) in [6, 6.07) is 14.3. The van der Waals surface area contributed by atoms with Gasteiger partial charge in [0.05, 0.1) is 40.4 Å². The first-order valence-electron chi connectivity index (χ1n) is 16.6. The summed E-state index contributed by atoms with van der Waals surface area (Å²) in [7, 11) is 1.28. The van der Waals surface area contributed by atoms with Crippen molar-refractivity contribution in [2.45, 2.75) is 64.2 Å². The second-order valence-electron chi connectivity index (χ2n) is 13.6. The van der Waals surface area contributed by atoms with Crippen molar-refractivity contribution in [3.8, 4) is 17.3 Å². The molecule has 0 atom stereocenters. The van der Waals surface area contributed by atoms with Crippen molar-refractivity contribution in [2.75, 3.05) is 43.0 Å². The zero-order chi connectivity index (χ0) is 36.4. The standard InChI is InChI=1S/C37H40F4N6O2S/c1-24-13-17-45(18-14-24)28-15-19-46(20-16-28)34(49)26-7-5-25(6-8-26)30-11-10-29(22-43-30)47(36(2,3)23-48)35(50)44(4)31-12-9-27(21-42)32(33(31)38)37(39,40)41/h5-12,22-24,28H,13-20H2,1-4H3. The number of carbonyl (C=O) groups excluding carboxylic acids is 2. The minimum Gasteiger partial charge on any atom is -0.339 e. The maximum atomic E-state index is 15.3. The van der Waals surface area contributed by atoms with Crippen molar-refractivity contribution in [2.24, 2.45) is 5.92 Å². The fourth-order valence-corrected chi connectivity index (χ4v) is 7.11. The highest BCUT2D eigenvalue weighted by atomic mass is 32.1. The largest absolute Gasteiger partial charge is 0.420 e. The summed E-state index contributed by atoms with van der Waals surface area (Å²) in [6.45, 7) is 9.14. The monoisotopic (exact) mass is 708 g/mol. The van der Waals surface area contributed by atoms with Crippen LogP contribution in [0.4, 0.5) is 28.9 Å². The number of nitrogens with zero attached hydrogens (tertiary/aromatic N) is 6. The molecule has 0 bridgehead atoms. The number of nitriles is 1. The number of aromatic nitrogens is 1. The van der Waals surface area contributed by atoms with Crippen molar-refractivity contribution in [1.29, 1.82) is 5.26 Å². The molecule has 13 heteroatoms. The van der Waals surface area contributed by atoms with Crippen molar-refractivity contribution < 1.29 is 27.2 Å². The highest BCUT2D eigenvalue weighted by Gasteiger charge is 2.40. The number of benzene rings is 2. The lowest BCUT2D eigenvalue weighted by atomic mass is 9.94. The number of alkyl halides is 3. The van der Waals surface area contributed by atoms with Gasteiger partial charge in [-0.1, -0.05) is 19.1 Å². The number of carbonyl (C=O) groups is 2. The van der Waals surface area contributed by atoms with Crippen LogP contribution in [0.3, 0.4) is 0 Å². The second-order valence-corrected chi connectivity index (χ2v) is 14.0. The van der Waals surface area contributed by atoms with Gasteiger partial charge in [0, 0.05) is 37.3 Å². The molecule has 8 nitrogen and oxygen atoms in total. The smallest absolute Gasteiger partial charge is 0.339 e. The number of halogens is 4. The van der Waals surface area contributed by atoms with Crippen LogP contribution in [0.5, 0.6) is 0 Å². The molecule has 0 unspecified atom stereocenters. The molecule has 1 amide bonds. The van der Waals surface area contributed by atoms with E-state index in [-0.39, 0.29) is 11.0 Å². The third kappa shape index (κ3) is 7.66. The molecular weight excluding hydrogens is 669 g/mol. The average molecular weight is 709 g/mol. The van der Waals surface area contributed by atoms with Gasteiger partial charge >= 0.3 is 6.18 Å². The molecule has 2 saturated heterocycles. The lowest BCUT2D eigenvalue weighted by Crippen LogP contribution is -2.54. The van der Waals surface area contributed by atoms with Crippen molar-refractivity contribution in [3.05, 3.63) is 77.2 Å². The Bertz CT molecular complexity index is 1760. The van der Waals surface area contributed by atoms with Crippen LogP contribution in [0.15, 0.2) is 54.7 Å². The summed E-state index contributed by atoms with van der Waals surface area (Å²) in [5, 5.41) is 8.97. The first-order chi connectivity index (χ1) is 23.7. The molecule has 2 aliphatic heterocycles. The molecule has 0 saturated carbocycles. The van der Waals surface area contributed by atoms with Crippen LogP contribution >= 0.6 is 12.2 Å². The normalized spacial score (nSPS) is 16.5. The van der Waals surface area contributed by atoms with Gasteiger partial charge in [0.15, 0.2) is 10.9 Å². The Labute approximate surface area is 295 Å². The number of hydrogen-bond donors (Lipinski definition) is 0. The Kier molecular flexibility index (Phi) is 10.9. The molecule has 50 heavy (non-hydrogen) atoms. The van der Waals surface area contributed by atoms with Crippen LogP contribution in [-0.4, -0.2) is 76.9 Å². The van der Waals surface area contributed by atoms with E-state index in [2.05, 4.69) is 16.8 Å². The number of rotatable bonds is 7. The summed E-state index contributed by atoms with van der Waals surface area (Å²) in [5.74, 6) is -0.874. The van der Waals surface area contributed by atoms with Gasteiger partial charge in [-0.25, -0.2) is 4.39 Å². The van der Waals surface area contributed by atoms with Crippen LogP contribution in [0.1, 0.15) is 67.9 Å². The third-order valence-electron chi connectivity index (χ3n) is 9.75. The predicted octanol–water partition coefficient (Wildman–Crippen LogP) is 7.32. The quantitative estimate of drug-likeness (QED) is 0.144. The third-order valence-corrected chi connectivity index (χ3v) is 10.2. The van der Waals surface area contributed by atoms with Crippen LogP contribution in [0.25, 0.3) is 11.3 Å². The molecule has 0 spiro atoms. The molecule has 264 valence electrons. The fraction of sp³-hybridized carbons (Fsp3) is 0.432. The highest BCUT2D eigenvalue weighted by Crippen LogP contribution is 2.38. The zero-order valence-corrected chi connectivity index (χ0v) is 29.3. The molecule has 0 radical (unpaired) electrons. The van der Waals surface area contributed by atoms with E-state index in [1.54, 1.807) is 38.1 Å². The van der Waals surface area contributed by atoms with E-state index in [4.69, 9.17) is 17.5 Å². The summed E-state index contributed by atoms with van der Waals surface area (Å²) in [6.07, 6.45) is 1.37. The number of hydrogen-bond acceptors (Lipinski definition) is 6. The van der Waals surface area contributed by atoms with E-state index in [0.29, 0.717) is 29.3 Å². The number of aldehydes is 1. The van der Waals surface area contributed by atoms with Gasteiger partial charge in [0.1, 0.15) is 11.8 Å². The Morgan fingerprint density at radius 3 is 2.18 bits per heavy atom. The Morgan fingerprint density at radius 2 is 1.64 bits per heavy atom. The van der Waals surface area contributed by atoms with Gasteiger partial charge in [-0.2, -0.15) is 18.4 Å². The lowest BCUT2D eigenvalue weighted by molar-refractivity contribution is -0.140. The molecule has 5 rings (SSSR count). The van der Waals surface area contributed by atoms with Gasteiger partial charge in [0.25, 0.3) is 5.91 Å². The summed E-state index contributed by atoms with van der Waals surface area (Å²) < 4.78 is 56.4. The van der Waals surface area contributed by atoms with E-state index >= 15 is 4.39 Å². The zero-order valence-electron chi connectivity index (χ0n) is 28.5. The fourth-order valence-electron chi connectivity index (χ4n) is 6.67. The van der Waals surface area contributed by atoms with Gasteiger partial charge in [-0.15, -0.1) is 0 Å². The minimum atomic E-state index is -5.12. The van der Waals surface area contributed by atoms with E-state index in [0.717, 1.165) is 67.5 Å². The van der Waals surface area contributed by atoms with E-state index < -0.39 is 34.3 Å². The summed E-state index contributed by atoms with van der Waals surface area (Å²) in [5.41, 5.74) is -2.15. The topological polar surface area (TPSA) is 83.8 Å². The number of thiocarbonyl (C=S) groups is 1. The summed E-state index contributed by atoms with van der Waals surface area (Å²) in [4.78, 5) is 36.9. The minimum absolute atomic E-state index is 0.00371. The predicted molar refractivity (Wildman–Crippen MR) is 188 cm³/mol. The van der Waals surface area contributed by atoms with Crippen molar-refractivity contribution in [1.82, 2.24) is 14.8 Å². The average Bonchev–Trinajstić information content (AvgIpc) is 3.11. The molecule has 1 aromatic heterocycles. The van der Waals surface area contributed by atoms with Crippen LogP contribution in [-0.2, 0) is 11.0 Å². The van der Waals surface area contributed by atoms with Crippen LogP contribution in [0, 0.1) is 23.1 Å². The van der Waals surface area contributed by atoms with E-state index in [9.17, 15) is 22.8 Å². The van der Waals surface area contributed by atoms with Gasteiger partial charge in [0.2, 0.25) is 0 Å². The molecule has 2 aromatic carbocycles. The number of pyridine rings is 1. The number of anilines is 2. The maximum Gasteiger partial charge on any atom is 0.420 e.